The molecule has 1 aliphatic heterocycles. The first-order chi connectivity index (χ1) is 9.74. The maximum Gasteiger partial charge on any atom is 0.0749 e. The molecule has 2 unspecified atom stereocenters. The average Bonchev–Trinajstić information content (AvgIpc) is 2.50. The van der Waals surface area contributed by atoms with Crippen molar-refractivity contribution >= 4 is 5.69 Å². The smallest absolute Gasteiger partial charge is 0.0749 e. The van der Waals surface area contributed by atoms with Gasteiger partial charge in [-0.05, 0) is 44.9 Å². The second-order valence-electron chi connectivity index (χ2n) is 5.56. The standard InChI is InChI=1S/C16H27N3O/c1-4-15(17-2)16-9-8-13(11-18-16)19(3)12-14-7-5-6-10-20-14/h8-9,11,14-15,17H,4-7,10,12H2,1-3H3. The van der Waals surface area contributed by atoms with Gasteiger partial charge in [0.05, 0.1) is 23.7 Å². The molecule has 1 aromatic heterocycles. The summed E-state index contributed by atoms with van der Waals surface area (Å²) in [7, 11) is 4.10. The molecule has 112 valence electrons. The molecule has 0 saturated carbocycles. The molecule has 1 saturated heterocycles. The van der Waals surface area contributed by atoms with Crippen molar-refractivity contribution in [1.29, 1.82) is 0 Å². The Kier molecular flexibility index (Phi) is 5.80. The molecule has 1 aliphatic rings. The fourth-order valence-corrected chi connectivity index (χ4v) is 2.75. The highest BCUT2D eigenvalue weighted by Crippen LogP contribution is 2.20. The van der Waals surface area contributed by atoms with E-state index in [0.717, 1.165) is 31.0 Å². The zero-order valence-electron chi connectivity index (χ0n) is 12.9. The Morgan fingerprint density at radius 1 is 1.45 bits per heavy atom. The second kappa shape index (κ2) is 7.60. The maximum absolute atomic E-state index is 5.79. The van der Waals surface area contributed by atoms with Crippen LogP contribution >= 0.6 is 0 Å². The molecular formula is C16H27N3O. The van der Waals surface area contributed by atoms with Crippen LogP contribution in [0.5, 0.6) is 0 Å². The highest BCUT2D eigenvalue weighted by atomic mass is 16.5. The summed E-state index contributed by atoms with van der Waals surface area (Å²) in [6, 6.07) is 4.62. The van der Waals surface area contributed by atoms with Crippen LogP contribution in [0.2, 0.25) is 0 Å². The quantitative estimate of drug-likeness (QED) is 0.867. The van der Waals surface area contributed by atoms with Gasteiger partial charge in [0.15, 0.2) is 0 Å². The summed E-state index contributed by atoms with van der Waals surface area (Å²) in [5.74, 6) is 0. The Labute approximate surface area is 122 Å². The number of hydrogen-bond donors (Lipinski definition) is 1. The predicted molar refractivity (Wildman–Crippen MR) is 83.2 cm³/mol. The molecule has 2 atom stereocenters. The van der Waals surface area contributed by atoms with Crippen molar-refractivity contribution in [3.8, 4) is 0 Å². The molecule has 1 aromatic rings. The van der Waals surface area contributed by atoms with Gasteiger partial charge in [0, 0.05) is 26.2 Å². The SMILES string of the molecule is CCC(NC)c1ccc(N(C)CC2CCCCO2)cn1. The molecule has 0 spiro atoms. The summed E-state index contributed by atoms with van der Waals surface area (Å²) >= 11 is 0. The number of nitrogens with zero attached hydrogens (tertiary/aromatic N) is 2. The number of pyridine rings is 1. The number of rotatable bonds is 6. The zero-order chi connectivity index (χ0) is 14.4. The molecule has 0 aliphatic carbocycles. The summed E-state index contributed by atoms with van der Waals surface area (Å²) in [5, 5.41) is 3.29. The van der Waals surface area contributed by atoms with E-state index in [-0.39, 0.29) is 0 Å². The van der Waals surface area contributed by atoms with E-state index < -0.39 is 0 Å². The minimum atomic E-state index is 0.344. The molecule has 1 fully saturated rings. The maximum atomic E-state index is 5.79. The Morgan fingerprint density at radius 2 is 2.30 bits per heavy atom. The Morgan fingerprint density at radius 3 is 2.85 bits per heavy atom. The minimum Gasteiger partial charge on any atom is -0.376 e. The van der Waals surface area contributed by atoms with Gasteiger partial charge < -0.3 is 15.0 Å². The molecule has 2 rings (SSSR count). The van der Waals surface area contributed by atoms with E-state index in [1.165, 1.54) is 19.3 Å². The third-order valence-electron chi connectivity index (χ3n) is 4.08. The van der Waals surface area contributed by atoms with Crippen molar-refractivity contribution in [1.82, 2.24) is 10.3 Å². The Balaban J connectivity index is 1.94. The van der Waals surface area contributed by atoms with Crippen molar-refractivity contribution in [2.24, 2.45) is 0 Å². The molecule has 0 radical (unpaired) electrons. The van der Waals surface area contributed by atoms with Crippen LogP contribution in [-0.2, 0) is 4.74 Å². The van der Waals surface area contributed by atoms with Gasteiger partial charge in [-0.15, -0.1) is 0 Å². The average molecular weight is 277 g/mol. The second-order valence-corrected chi connectivity index (χ2v) is 5.56. The van der Waals surface area contributed by atoms with E-state index in [4.69, 9.17) is 4.74 Å². The van der Waals surface area contributed by atoms with Gasteiger partial charge in [-0.1, -0.05) is 6.92 Å². The van der Waals surface area contributed by atoms with E-state index >= 15 is 0 Å². The van der Waals surface area contributed by atoms with Crippen LogP contribution in [0.3, 0.4) is 0 Å². The van der Waals surface area contributed by atoms with Gasteiger partial charge in [0.25, 0.3) is 0 Å². The number of aromatic nitrogens is 1. The van der Waals surface area contributed by atoms with E-state index in [9.17, 15) is 0 Å². The largest absolute Gasteiger partial charge is 0.376 e. The van der Waals surface area contributed by atoms with E-state index in [1.807, 2.05) is 13.2 Å². The van der Waals surface area contributed by atoms with Gasteiger partial charge in [-0.3, -0.25) is 4.98 Å². The first kappa shape index (κ1) is 15.3. The summed E-state index contributed by atoms with van der Waals surface area (Å²) in [5.41, 5.74) is 2.27. The van der Waals surface area contributed by atoms with Crippen LogP contribution in [0, 0.1) is 0 Å². The van der Waals surface area contributed by atoms with Crippen LogP contribution in [0.15, 0.2) is 18.3 Å². The summed E-state index contributed by atoms with van der Waals surface area (Å²) in [6.45, 7) is 4.03. The van der Waals surface area contributed by atoms with Crippen molar-refractivity contribution in [2.75, 3.05) is 32.1 Å². The number of ether oxygens (including phenoxy) is 1. The number of anilines is 1. The van der Waals surface area contributed by atoms with Gasteiger partial charge in [-0.25, -0.2) is 0 Å². The Hall–Kier alpha value is -1.13. The van der Waals surface area contributed by atoms with Gasteiger partial charge in [0.2, 0.25) is 0 Å². The predicted octanol–water partition coefficient (Wildman–Crippen LogP) is 2.76. The van der Waals surface area contributed by atoms with Crippen LogP contribution in [0.25, 0.3) is 0 Å². The molecule has 2 heterocycles. The molecule has 0 amide bonds. The molecule has 20 heavy (non-hydrogen) atoms. The fraction of sp³-hybridized carbons (Fsp3) is 0.688. The first-order valence-electron chi connectivity index (χ1n) is 7.70. The highest BCUT2D eigenvalue weighted by Gasteiger charge is 2.16. The third kappa shape index (κ3) is 3.93. The van der Waals surface area contributed by atoms with E-state index in [2.05, 4.69) is 41.3 Å². The van der Waals surface area contributed by atoms with E-state index in [1.54, 1.807) is 0 Å². The zero-order valence-corrected chi connectivity index (χ0v) is 12.9. The lowest BCUT2D eigenvalue weighted by Gasteiger charge is -2.28. The van der Waals surface area contributed by atoms with Crippen LogP contribution in [0.1, 0.15) is 44.3 Å². The van der Waals surface area contributed by atoms with Gasteiger partial charge >= 0.3 is 0 Å². The first-order valence-corrected chi connectivity index (χ1v) is 7.70. The fourth-order valence-electron chi connectivity index (χ4n) is 2.75. The van der Waals surface area contributed by atoms with Crippen molar-refractivity contribution in [2.45, 2.75) is 44.8 Å². The van der Waals surface area contributed by atoms with Crippen molar-refractivity contribution < 1.29 is 4.74 Å². The van der Waals surface area contributed by atoms with Crippen molar-refractivity contribution in [3.05, 3.63) is 24.0 Å². The summed E-state index contributed by atoms with van der Waals surface area (Å²) in [4.78, 5) is 6.83. The normalized spacial score (nSPS) is 20.6. The molecule has 4 nitrogen and oxygen atoms in total. The molecule has 0 bridgehead atoms. The van der Waals surface area contributed by atoms with Crippen LogP contribution in [0.4, 0.5) is 5.69 Å². The monoisotopic (exact) mass is 277 g/mol. The van der Waals surface area contributed by atoms with Gasteiger partial charge in [-0.2, -0.15) is 0 Å². The number of hydrogen-bond acceptors (Lipinski definition) is 4. The highest BCUT2D eigenvalue weighted by molar-refractivity contribution is 5.44. The Bertz CT molecular complexity index is 383. The van der Waals surface area contributed by atoms with Crippen LogP contribution in [-0.4, -0.2) is 38.3 Å². The topological polar surface area (TPSA) is 37.4 Å². The summed E-state index contributed by atoms with van der Waals surface area (Å²) in [6.07, 6.45) is 7.06. The lowest BCUT2D eigenvalue weighted by molar-refractivity contribution is 0.0216. The lowest BCUT2D eigenvalue weighted by atomic mass is 10.1. The molecule has 0 aromatic carbocycles. The van der Waals surface area contributed by atoms with E-state index in [0.29, 0.717) is 12.1 Å². The lowest BCUT2D eigenvalue weighted by Crippen LogP contribution is -2.33. The third-order valence-corrected chi connectivity index (χ3v) is 4.08. The van der Waals surface area contributed by atoms with Crippen molar-refractivity contribution in [3.63, 3.8) is 0 Å². The molecular weight excluding hydrogens is 250 g/mol. The van der Waals surface area contributed by atoms with Gasteiger partial charge in [0.1, 0.15) is 0 Å². The molecule has 1 N–H and O–H groups in total. The molecule has 4 heteroatoms. The number of nitrogens with one attached hydrogen (secondary N) is 1. The van der Waals surface area contributed by atoms with Crippen LogP contribution < -0.4 is 10.2 Å². The minimum absolute atomic E-state index is 0.344. The summed E-state index contributed by atoms with van der Waals surface area (Å²) < 4.78 is 5.79. The number of likely N-dealkylation sites (N-methyl/N-ethyl adjacent to an activating group) is 1.